The molecule has 2 aromatic rings. The number of aliphatic hydroxyl groups excluding tert-OH is 1. The van der Waals surface area contributed by atoms with Gasteiger partial charge in [0.05, 0.1) is 19.3 Å². The van der Waals surface area contributed by atoms with Crippen LogP contribution < -0.4 is 14.8 Å². The van der Waals surface area contributed by atoms with Crippen LogP contribution in [0.15, 0.2) is 66.2 Å². The molecule has 0 aromatic heterocycles. The number of benzene rings is 2. The number of rotatable bonds is 12. The van der Waals surface area contributed by atoms with Crippen LogP contribution in [0.5, 0.6) is 11.5 Å². The zero-order valence-corrected chi connectivity index (χ0v) is 22.0. The minimum Gasteiger partial charge on any atom is -0.497 e. The number of carbonyl (C=O) groups excluding carboxylic acids is 1. The highest BCUT2D eigenvalue weighted by Gasteiger charge is 2.53. The Hall–Kier alpha value is -3.36. The van der Waals surface area contributed by atoms with Gasteiger partial charge in [-0.1, -0.05) is 37.5 Å². The molecule has 1 aliphatic heterocycles. The van der Waals surface area contributed by atoms with E-state index in [0.717, 1.165) is 24.8 Å². The van der Waals surface area contributed by atoms with E-state index in [2.05, 4.69) is 11.9 Å². The van der Waals surface area contributed by atoms with Gasteiger partial charge in [-0.3, -0.25) is 4.79 Å². The summed E-state index contributed by atoms with van der Waals surface area (Å²) >= 11 is 0. The van der Waals surface area contributed by atoms with Crippen molar-refractivity contribution in [3.63, 3.8) is 0 Å². The van der Waals surface area contributed by atoms with Gasteiger partial charge in [-0.05, 0) is 54.8 Å². The molecule has 2 aliphatic rings. The molecule has 0 unspecified atom stereocenters. The first-order valence-corrected chi connectivity index (χ1v) is 13.3. The minimum absolute atomic E-state index is 0.0687. The van der Waals surface area contributed by atoms with Gasteiger partial charge in [0.1, 0.15) is 11.5 Å². The molecule has 2 atom stereocenters. The quantitative estimate of drug-likeness (QED) is 0.286. The van der Waals surface area contributed by atoms with Crippen molar-refractivity contribution in [1.82, 2.24) is 5.32 Å². The van der Waals surface area contributed by atoms with Crippen molar-refractivity contribution in [2.75, 3.05) is 26.9 Å². The fourth-order valence-electron chi connectivity index (χ4n) is 5.12. The number of hydrogen-bond donors (Lipinski definition) is 3. The molecule has 38 heavy (non-hydrogen) atoms. The van der Waals surface area contributed by atoms with E-state index in [4.69, 9.17) is 24.3 Å². The third-order valence-corrected chi connectivity index (χ3v) is 7.24. The maximum atomic E-state index is 13.9. The van der Waals surface area contributed by atoms with Crippen LogP contribution in [0.1, 0.15) is 62.2 Å². The Morgan fingerprint density at radius 1 is 1.18 bits per heavy atom. The molecule has 204 valence electrons. The van der Waals surface area contributed by atoms with Gasteiger partial charge in [-0.25, -0.2) is 4.99 Å². The SMILES string of the molecule is C=CC[C@@]1(C(=O)NCC2(O)CCCCC2)N=C(c2ccc(OCCCO)cc2)O[C@@H]1c1cccc(OC)c1. The Kier molecular flexibility index (Phi) is 9.07. The van der Waals surface area contributed by atoms with E-state index in [-0.39, 0.29) is 25.5 Å². The van der Waals surface area contributed by atoms with Crippen LogP contribution in [-0.2, 0) is 9.53 Å². The first kappa shape index (κ1) is 27.7. The van der Waals surface area contributed by atoms with E-state index in [0.29, 0.717) is 48.8 Å². The summed E-state index contributed by atoms with van der Waals surface area (Å²) in [6.07, 6.45) is 6.06. The van der Waals surface area contributed by atoms with Crippen molar-refractivity contribution in [3.05, 3.63) is 72.3 Å². The second-order valence-corrected chi connectivity index (χ2v) is 10.0. The highest BCUT2D eigenvalue weighted by atomic mass is 16.5. The van der Waals surface area contributed by atoms with Crippen molar-refractivity contribution in [1.29, 1.82) is 0 Å². The molecule has 1 aliphatic carbocycles. The molecule has 2 aromatic carbocycles. The largest absolute Gasteiger partial charge is 0.497 e. The standard InChI is InChI=1S/C30H38N2O6/c1-3-15-30(28(34)31-21-29(35)16-5-4-6-17-29)26(23-9-7-10-25(20-23)36-2)38-27(32-30)22-11-13-24(14-12-22)37-19-8-18-33/h3,7,9-14,20,26,33,35H,1,4-6,8,15-19,21H2,2H3,(H,31,34)/t26-,30-/m1/s1. The summed E-state index contributed by atoms with van der Waals surface area (Å²) < 4.78 is 17.5. The van der Waals surface area contributed by atoms with Crippen LogP contribution in [0, 0.1) is 0 Å². The molecule has 3 N–H and O–H groups in total. The van der Waals surface area contributed by atoms with Crippen LogP contribution in [0.3, 0.4) is 0 Å². The summed E-state index contributed by atoms with van der Waals surface area (Å²) in [6.45, 7) is 4.56. The Labute approximate surface area is 224 Å². The summed E-state index contributed by atoms with van der Waals surface area (Å²) in [5.41, 5.74) is -0.769. The van der Waals surface area contributed by atoms with Crippen molar-refractivity contribution in [2.45, 2.75) is 62.2 Å². The Balaban J connectivity index is 1.66. The number of aliphatic imine (C=N–C) groups is 1. The number of amides is 1. The van der Waals surface area contributed by atoms with Gasteiger partial charge < -0.3 is 29.7 Å². The highest BCUT2D eigenvalue weighted by Crippen LogP contribution is 2.43. The zero-order valence-electron chi connectivity index (χ0n) is 22.0. The summed E-state index contributed by atoms with van der Waals surface area (Å²) in [6, 6.07) is 14.7. The molecule has 1 amide bonds. The lowest BCUT2D eigenvalue weighted by molar-refractivity contribution is -0.130. The fourth-order valence-corrected chi connectivity index (χ4v) is 5.12. The van der Waals surface area contributed by atoms with Crippen molar-refractivity contribution >= 4 is 11.8 Å². The maximum Gasteiger partial charge on any atom is 0.252 e. The maximum absolute atomic E-state index is 13.9. The molecule has 1 heterocycles. The summed E-state index contributed by atoms with van der Waals surface area (Å²) in [5, 5.41) is 23.0. The normalized spacial score (nSPS) is 22.2. The zero-order chi connectivity index (χ0) is 27.0. The van der Waals surface area contributed by atoms with Crippen molar-refractivity contribution in [3.8, 4) is 11.5 Å². The predicted octanol–water partition coefficient (Wildman–Crippen LogP) is 4.10. The average molecular weight is 523 g/mol. The van der Waals surface area contributed by atoms with Gasteiger partial charge >= 0.3 is 0 Å². The molecule has 1 saturated carbocycles. The molecular formula is C30H38N2O6. The van der Waals surface area contributed by atoms with Gasteiger partial charge in [-0.2, -0.15) is 0 Å². The molecule has 1 fully saturated rings. The van der Waals surface area contributed by atoms with Gasteiger partial charge in [0, 0.05) is 31.6 Å². The third kappa shape index (κ3) is 6.19. The molecule has 0 spiro atoms. The van der Waals surface area contributed by atoms with Gasteiger partial charge in [0.2, 0.25) is 5.90 Å². The van der Waals surface area contributed by atoms with E-state index in [1.807, 2.05) is 48.5 Å². The molecule has 0 saturated heterocycles. The Morgan fingerprint density at radius 3 is 2.63 bits per heavy atom. The Bertz CT molecular complexity index is 1130. The van der Waals surface area contributed by atoms with Gasteiger partial charge in [0.15, 0.2) is 11.6 Å². The Morgan fingerprint density at radius 2 is 1.95 bits per heavy atom. The average Bonchev–Trinajstić information content (AvgIpc) is 3.33. The van der Waals surface area contributed by atoms with E-state index in [9.17, 15) is 9.90 Å². The lowest BCUT2D eigenvalue weighted by Crippen LogP contribution is -2.52. The first-order valence-electron chi connectivity index (χ1n) is 13.3. The van der Waals surface area contributed by atoms with E-state index >= 15 is 0 Å². The number of nitrogens with one attached hydrogen (secondary N) is 1. The van der Waals surface area contributed by atoms with Crippen molar-refractivity contribution < 1.29 is 29.2 Å². The second kappa shape index (κ2) is 12.5. The molecule has 8 nitrogen and oxygen atoms in total. The minimum atomic E-state index is -1.31. The van der Waals surface area contributed by atoms with Crippen LogP contribution in [-0.4, -0.2) is 60.0 Å². The smallest absolute Gasteiger partial charge is 0.252 e. The molecule has 4 rings (SSSR count). The van der Waals surface area contributed by atoms with E-state index in [1.165, 1.54) is 0 Å². The summed E-state index contributed by atoms with van der Waals surface area (Å²) in [4.78, 5) is 18.8. The number of ether oxygens (including phenoxy) is 3. The van der Waals surface area contributed by atoms with Crippen LogP contribution in [0.2, 0.25) is 0 Å². The fraction of sp³-hybridized carbons (Fsp3) is 0.467. The highest BCUT2D eigenvalue weighted by molar-refractivity contribution is 6.01. The van der Waals surface area contributed by atoms with Gasteiger partial charge in [-0.15, -0.1) is 6.58 Å². The van der Waals surface area contributed by atoms with E-state index < -0.39 is 17.2 Å². The van der Waals surface area contributed by atoms with Crippen LogP contribution in [0.25, 0.3) is 0 Å². The molecule has 8 heteroatoms. The monoisotopic (exact) mass is 522 g/mol. The number of methoxy groups -OCH3 is 1. The second-order valence-electron chi connectivity index (χ2n) is 10.0. The predicted molar refractivity (Wildman–Crippen MR) is 146 cm³/mol. The van der Waals surface area contributed by atoms with Gasteiger partial charge in [0.25, 0.3) is 5.91 Å². The molecular weight excluding hydrogens is 484 g/mol. The first-order chi connectivity index (χ1) is 18.4. The van der Waals surface area contributed by atoms with E-state index in [1.54, 1.807) is 13.2 Å². The number of carbonyl (C=O) groups is 1. The lowest BCUT2D eigenvalue weighted by Gasteiger charge is -2.35. The number of aliphatic hydroxyl groups is 2. The van der Waals surface area contributed by atoms with Crippen LogP contribution >= 0.6 is 0 Å². The topological polar surface area (TPSA) is 110 Å². The summed E-state index contributed by atoms with van der Waals surface area (Å²) in [5.74, 6) is 1.34. The molecule has 0 bridgehead atoms. The van der Waals surface area contributed by atoms with Crippen LogP contribution in [0.4, 0.5) is 0 Å². The lowest BCUT2D eigenvalue weighted by atomic mass is 9.82. The number of nitrogens with zero attached hydrogens (tertiary/aromatic N) is 1. The third-order valence-electron chi connectivity index (χ3n) is 7.24. The van der Waals surface area contributed by atoms with Crippen molar-refractivity contribution in [2.24, 2.45) is 4.99 Å². The summed E-state index contributed by atoms with van der Waals surface area (Å²) in [7, 11) is 1.59. The molecule has 0 radical (unpaired) electrons. The number of hydrogen-bond acceptors (Lipinski definition) is 7.